The number of hydrogen-bond donors (Lipinski definition) is 1. The zero-order valence-electron chi connectivity index (χ0n) is 10.9. The Balaban J connectivity index is 2.02. The molecule has 0 unspecified atom stereocenters. The SMILES string of the molecule is COc1ccc(Cl)cc1CNCc1cc(Br)ccc1F. The van der Waals surface area contributed by atoms with E-state index in [4.69, 9.17) is 16.3 Å². The molecule has 0 aliphatic heterocycles. The van der Waals surface area contributed by atoms with Crippen molar-refractivity contribution in [1.29, 1.82) is 0 Å². The van der Waals surface area contributed by atoms with E-state index < -0.39 is 0 Å². The molecule has 2 aromatic carbocycles. The van der Waals surface area contributed by atoms with Gasteiger partial charge in [-0.05, 0) is 36.4 Å². The summed E-state index contributed by atoms with van der Waals surface area (Å²) in [6, 6.07) is 10.3. The van der Waals surface area contributed by atoms with E-state index in [1.165, 1.54) is 6.07 Å². The van der Waals surface area contributed by atoms with Gasteiger partial charge in [0.15, 0.2) is 0 Å². The van der Waals surface area contributed by atoms with E-state index in [-0.39, 0.29) is 5.82 Å². The fourth-order valence-corrected chi connectivity index (χ4v) is 2.50. The lowest BCUT2D eigenvalue weighted by Crippen LogP contribution is -2.14. The van der Waals surface area contributed by atoms with Gasteiger partial charge >= 0.3 is 0 Å². The van der Waals surface area contributed by atoms with Crippen molar-refractivity contribution in [2.24, 2.45) is 0 Å². The molecule has 0 atom stereocenters. The molecule has 0 amide bonds. The maximum atomic E-state index is 13.6. The van der Waals surface area contributed by atoms with Crippen LogP contribution in [0.5, 0.6) is 5.75 Å². The van der Waals surface area contributed by atoms with Crippen molar-refractivity contribution in [3.8, 4) is 5.75 Å². The number of benzene rings is 2. The molecule has 0 aromatic heterocycles. The first-order chi connectivity index (χ1) is 9.60. The molecule has 0 saturated heterocycles. The number of hydrogen-bond acceptors (Lipinski definition) is 2. The van der Waals surface area contributed by atoms with Crippen molar-refractivity contribution in [2.45, 2.75) is 13.1 Å². The Morgan fingerprint density at radius 1 is 1.15 bits per heavy atom. The largest absolute Gasteiger partial charge is 0.496 e. The maximum absolute atomic E-state index is 13.6. The van der Waals surface area contributed by atoms with E-state index in [0.717, 1.165) is 15.8 Å². The molecule has 0 aliphatic rings. The highest BCUT2D eigenvalue weighted by Crippen LogP contribution is 2.22. The van der Waals surface area contributed by atoms with Crippen LogP contribution in [0.3, 0.4) is 0 Å². The van der Waals surface area contributed by atoms with Gasteiger partial charge in [0.1, 0.15) is 11.6 Å². The van der Waals surface area contributed by atoms with Gasteiger partial charge in [-0.1, -0.05) is 27.5 Å². The van der Waals surface area contributed by atoms with Crippen molar-refractivity contribution >= 4 is 27.5 Å². The van der Waals surface area contributed by atoms with Crippen molar-refractivity contribution in [2.75, 3.05) is 7.11 Å². The second-order valence-electron chi connectivity index (χ2n) is 4.30. The summed E-state index contributed by atoms with van der Waals surface area (Å²) in [6.07, 6.45) is 0. The molecule has 0 saturated carbocycles. The fourth-order valence-electron chi connectivity index (χ4n) is 1.90. The molecule has 2 rings (SSSR count). The summed E-state index contributed by atoms with van der Waals surface area (Å²) < 4.78 is 19.7. The van der Waals surface area contributed by atoms with Crippen LogP contribution < -0.4 is 10.1 Å². The molecule has 0 spiro atoms. The van der Waals surface area contributed by atoms with Crippen LogP contribution in [0.2, 0.25) is 5.02 Å². The highest BCUT2D eigenvalue weighted by molar-refractivity contribution is 9.10. The molecule has 0 radical (unpaired) electrons. The summed E-state index contributed by atoms with van der Waals surface area (Å²) >= 11 is 9.30. The molecule has 0 aliphatic carbocycles. The Bertz CT molecular complexity index is 606. The minimum atomic E-state index is -0.223. The van der Waals surface area contributed by atoms with Gasteiger partial charge in [0.25, 0.3) is 0 Å². The van der Waals surface area contributed by atoms with E-state index in [1.807, 2.05) is 12.1 Å². The lowest BCUT2D eigenvalue weighted by molar-refractivity contribution is 0.407. The van der Waals surface area contributed by atoms with E-state index >= 15 is 0 Å². The Morgan fingerprint density at radius 2 is 1.90 bits per heavy atom. The quantitative estimate of drug-likeness (QED) is 0.847. The van der Waals surface area contributed by atoms with Gasteiger partial charge < -0.3 is 10.1 Å². The second-order valence-corrected chi connectivity index (χ2v) is 5.65. The van der Waals surface area contributed by atoms with Gasteiger partial charge in [0.05, 0.1) is 7.11 Å². The molecule has 0 heterocycles. The summed E-state index contributed by atoms with van der Waals surface area (Å²) in [7, 11) is 1.61. The monoisotopic (exact) mass is 357 g/mol. The molecule has 5 heteroatoms. The molecule has 2 nitrogen and oxygen atoms in total. The number of nitrogens with one attached hydrogen (secondary N) is 1. The van der Waals surface area contributed by atoms with Crippen LogP contribution in [0.1, 0.15) is 11.1 Å². The average molecular weight is 359 g/mol. The van der Waals surface area contributed by atoms with Gasteiger partial charge in [-0.2, -0.15) is 0 Å². The summed E-state index contributed by atoms with van der Waals surface area (Å²) in [5, 5.41) is 3.84. The summed E-state index contributed by atoms with van der Waals surface area (Å²) in [4.78, 5) is 0. The highest BCUT2D eigenvalue weighted by Gasteiger charge is 2.06. The fraction of sp³-hybridized carbons (Fsp3) is 0.200. The van der Waals surface area contributed by atoms with Crippen LogP contribution >= 0.6 is 27.5 Å². The van der Waals surface area contributed by atoms with Crippen molar-refractivity contribution in [1.82, 2.24) is 5.32 Å². The van der Waals surface area contributed by atoms with Crippen LogP contribution in [0.4, 0.5) is 4.39 Å². The van der Waals surface area contributed by atoms with Gasteiger partial charge in [0.2, 0.25) is 0 Å². The third kappa shape index (κ3) is 3.95. The summed E-state index contributed by atoms with van der Waals surface area (Å²) in [5.74, 6) is 0.537. The lowest BCUT2D eigenvalue weighted by Gasteiger charge is -2.11. The smallest absolute Gasteiger partial charge is 0.127 e. The van der Waals surface area contributed by atoms with Crippen LogP contribution in [-0.4, -0.2) is 7.11 Å². The Kier molecular flexibility index (Phi) is 5.40. The molecular weight excluding hydrogens is 345 g/mol. The van der Waals surface area contributed by atoms with Crippen LogP contribution in [-0.2, 0) is 13.1 Å². The third-order valence-corrected chi connectivity index (χ3v) is 3.61. The third-order valence-electron chi connectivity index (χ3n) is 2.88. The average Bonchev–Trinajstić information content (AvgIpc) is 2.43. The van der Waals surface area contributed by atoms with Gasteiger partial charge in [-0.3, -0.25) is 0 Å². The normalized spacial score (nSPS) is 10.6. The standard InChI is InChI=1S/C15H14BrClFNO/c1-20-15-5-3-13(17)7-11(15)9-19-8-10-6-12(16)2-4-14(10)18/h2-7,19H,8-9H2,1H3. The Labute approximate surface area is 131 Å². The molecule has 106 valence electrons. The highest BCUT2D eigenvalue weighted by atomic mass is 79.9. The lowest BCUT2D eigenvalue weighted by atomic mass is 10.1. The van der Waals surface area contributed by atoms with E-state index in [2.05, 4.69) is 21.2 Å². The minimum Gasteiger partial charge on any atom is -0.496 e. The molecule has 0 bridgehead atoms. The van der Waals surface area contributed by atoms with E-state index in [0.29, 0.717) is 23.7 Å². The summed E-state index contributed by atoms with van der Waals surface area (Å²) in [6.45, 7) is 0.983. The van der Waals surface area contributed by atoms with E-state index in [9.17, 15) is 4.39 Å². The maximum Gasteiger partial charge on any atom is 0.127 e. The molecule has 2 aromatic rings. The van der Waals surface area contributed by atoms with E-state index in [1.54, 1.807) is 25.3 Å². The van der Waals surface area contributed by atoms with Crippen molar-refractivity contribution in [3.05, 3.63) is 62.8 Å². The summed E-state index contributed by atoms with van der Waals surface area (Å²) in [5.41, 5.74) is 1.55. The Morgan fingerprint density at radius 3 is 2.65 bits per heavy atom. The molecule has 20 heavy (non-hydrogen) atoms. The molecular formula is C15H14BrClFNO. The van der Waals surface area contributed by atoms with Crippen molar-refractivity contribution < 1.29 is 9.13 Å². The van der Waals surface area contributed by atoms with Crippen LogP contribution in [0.15, 0.2) is 40.9 Å². The second kappa shape index (κ2) is 7.07. The first kappa shape index (κ1) is 15.3. The number of ether oxygens (including phenoxy) is 1. The number of halogens is 3. The minimum absolute atomic E-state index is 0.223. The van der Waals surface area contributed by atoms with Crippen LogP contribution in [0.25, 0.3) is 0 Å². The first-order valence-corrected chi connectivity index (χ1v) is 7.24. The van der Waals surface area contributed by atoms with Gasteiger partial charge in [-0.15, -0.1) is 0 Å². The number of rotatable bonds is 5. The predicted molar refractivity (Wildman–Crippen MR) is 82.6 cm³/mol. The molecule has 1 N–H and O–H groups in total. The predicted octanol–water partition coefficient (Wildman–Crippen LogP) is 4.54. The topological polar surface area (TPSA) is 21.3 Å². The zero-order valence-corrected chi connectivity index (χ0v) is 13.3. The first-order valence-electron chi connectivity index (χ1n) is 6.07. The number of methoxy groups -OCH3 is 1. The van der Waals surface area contributed by atoms with Gasteiger partial charge in [-0.25, -0.2) is 4.39 Å². The van der Waals surface area contributed by atoms with Gasteiger partial charge in [0, 0.05) is 33.7 Å². The molecule has 0 fully saturated rings. The zero-order chi connectivity index (χ0) is 14.5. The van der Waals surface area contributed by atoms with Crippen LogP contribution in [0, 0.1) is 5.82 Å². The Hall–Kier alpha value is -1.10. The van der Waals surface area contributed by atoms with Crippen molar-refractivity contribution in [3.63, 3.8) is 0 Å².